The molecule has 1 unspecified atom stereocenters. The lowest BCUT2D eigenvalue weighted by molar-refractivity contribution is 0.0578. The van der Waals surface area contributed by atoms with Crippen molar-refractivity contribution in [3.05, 3.63) is 29.3 Å². The van der Waals surface area contributed by atoms with Crippen molar-refractivity contribution in [1.29, 1.82) is 0 Å². The molecule has 1 aromatic carbocycles. The van der Waals surface area contributed by atoms with Gasteiger partial charge in [0.25, 0.3) is 0 Å². The number of ether oxygens (including phenoxy) is 2. The maximum atomic E-state index is 12.2. The Hall–Kier alpha value is -1.35. The van der Waals surface area contributed by atoms with Crippen molar-refractivity contribution < 1.29 is 14.3 Å². The molecule has 1 aliphatic rings. The van der Waals surface area contributed by atoms with Crippen LogP contribution >= 0.6 is 0 Å². The van der Waals surface area contributed by atoms with Gasteiger partial charge in [0.1, 0.15) is 11.9 Å². The summed E-state index contributed by atoms with van der Waals surface area (Å²) in [6, 6.07) is 5.65. The summed E-state index contributed by atoms with van der Waals surface area (Å²) in [4.78, 5) is 12.2. The number of ketones is 1. The second-order valence-electron chi connectivity index (χ2n) is 4.30. The standard InChI is InChI=1S/C14H18O3/c1-3-4-13(16-2)14(15)11-5-6-12-10(9-11)7-8-17-12/h5-6,9,13H,3-4,7-8H2,1-2H3. The van der Waals surface area contributed by atoms with Crippen molar-refractivity contribution >= 4 is 5.78 Å². The van der Waals surface area contributed by atoms with Gasteiger partial charge >= 0.3 is 0 Å². The molecule has 1 heterocycles. The first kappa shape index (κ1) is 12.1. The predicted molar refractivity (Wildman–Crippen MR) is 65.7 cm³/mol. The van der Waals surface area contributed by atoms with Crippen LogP contribution in [0.25, 0.3) is 0 Å². The molecule has 2 rings (SSSR count). The Balaban J connectivity index is 2.19. The highest BCUT2D eigenvalue weighted by molar-refractivity contribution is 5.99. The summed E-state index contributed by atoms with van der Waals surface area (Å²) in [5.41, 5.74) is 1.86. The first-order valence-electron chi connectivity index (χ1n) is 6.09. The number of fused-ring (bicyclic) bond motifs is 1. The van der Waals surface area contributed by atoms with Gasteiger partial charge in [-0.05, 0) is 30.2 Å². The van der Waals surface area contributed by atoms with E-state index in [1.165, 1.54) is 0 Å². The van der Waals surface area contributed by atoms with Gasteiger partial charge in [-0.15, -0.1) is 0 Å². The topological polar surface area (TPSA) is 35.5 Å². The van der Waals surface area contributed by atoms with Gasteiger partial charge in [0.15, 0.2) is 5.78 Å². The molecular formula is C14H18O3. The van der Waals surface area contributed by atoms with Gasteiger partial charge in [0.05, 0.1) is 6.61 Å². The van der Waals surface area contributed by atoms with Gasteiger partial charge in [0.2, 0.25) is 0 Å². The molecule has 0 saturated carbocycles. The molecule has 1 aliphatic heterocycles. The number of methoxy groups -OCH3 is 1. The van der Waals surface area contributed by atoms with Gasteiger partial charge in [-0.25, -0.2) is 0 Å². The number of rotatable bonds is 5. The fourth-order valence-electron chi connectivity index (χ4n) is 2.14. The normalized spacial score (nSPS) is 15.2. The summed E-state index contributed by atoms with van der Waals surface area (Å²) in [6.45, 7) is 2.77. The average Bonchev–Trinajstić information content (AvgIpc) is 2.82. The SMILES string of the molecule is CCCC(OC)C(=O)c1ccc2c(c1)CCO2. The second kappa shape index (κ2) is 5.32. The zero-order chi connectivity index (χ0) is 12.3. The van der Waals surface area contributed by atoms with Crippen LogP contribution < -0.4 is 4.74 Å². The molecule has 0 radical (unpaired) electrons. The number of Topliss-reactive ketones (excluding diaryl/α,β-unsaturated/α-hetero) is 1. The summed E-state index contributed by atoms with van der Waals surface area (Å²) in [6.07, 6.45) is 2.28. The van der Waals surface area contributed by atoms with E-state index in [2.05, 4.69) is 6.92 Å². The van der Waals surface area contributed by atoms with E-state index in [4.69, 9.17) is 9.47 Å². The van der Waals surface area contributed by atoms with Crippen LogP contribution in [0.1, 0.15) is 35.7 Å². The molecule has 0 spiro atoms. The molecule has 0 fully saturated rings. The van der Waals surface area contributed by atoms with E-state index in [1.54, 1.807) is 7.11 Å². The third-order valence-electron chi connectivity index (χ3n) is 3.10. The Morgan fingerprint density at radius 2 is 2.35 bits per heavy atom. The van der Waals surface area contributed by atoms with Gasteiger partial charge in [0, 0.05) is 19.1 Å². The van der Waals surface area contributed by atoms with E-state index in [-0.39, 0.29) is 11.9 Å². The van der Waals surface area contributed by atoms with Crippen molar-refractivity contribution in [2.75, 3.05) is 13.7 Å². The fraction of sp³-hybridized carbons (Fsp3) is 0.500. The summed E-state index contributed by atoms with van der Waals surface area (Å²) in [7, 11) is 1.59. The van der Waals surface area contributed by atoms with E-state index in [0.717, 1.165) is 42.7 Å². The number of hydrogen-bond donors (Lipinski definition) is 0. The van der Waals surface area contributed by atoms with Crippen LogP contribution in [0.2, 0.25) is 0 Å². The fourth-order valence-corrected chi connectivity index (χ4v) is 2.14. The molecule has 0 aromatic heterocycles. The molecule has 1 aromatic rings. The van der Waals surface area contributed by atoms with Crippen LogP contribution in [0.15, 0.2) is 18.2 Å². The van der Waals surface area contributed by atoms with Crippen LogP contribution in [0.3, 0.4) is 0 Å². The first-order chi connectivity index (χ1) is 8.26. The minimum Gasteiger partial charge on any atom is -0.493 e. The Labute approximate surface area is 102 Å². The zero-order valence-electron chi connectivity index (χ0n) is 10.4. The number of carbonyl (C=O) groups is 1. The van der Waals surface area contributed by atoms with E-state index >= 15 is 0 Å². The molecule has 0 aliphatic carbocycles. The molecule has 92 valence electrons. The molecule has 3 nitrogen and oxygen atoms in total. The minimum atomic E-state index is -0.319. The van der Waals surface area contributed by atoms with Crippen LogP contribution in [-0.2, 0) is 11.2 Å². The van der Waals surface area contributed by atoms with Crippen LogP contribution in [-0.4, -0.2) is 25.6 Å². The first-order valence-corrected chi connectivity index (χ1v) is 6.09. The summed E-state index contributed by atoms with van der Waals surface area (Å²) >= 11 is 0. The number of benzene rings is 1. The molecule has 1 atom stereocenters. The monoisotopic (exact) mass is 234 g/mol. The number of hydrogen-bond acceptors (Lipinski definition) is 3. The number of carbonyl (C=O) groups excluding carboxylic acids is 1. The molecule has 0 amide bonds. The van der Waals surface area contributed by atoms with Crippen LogP contribution in [0.5, 0.6) is 5.75 Å². The quantitative estimate of drug-likeness (QED) is 0.735. The average molecular weight is 234 g/mol. The summed E-state index contributed by atoms with van der Waals surface area (Å²) < 4.78 is 10.7. The maximum absolute atomic E-state index is 12.2. The molecule has 3 heteroatoms. The van der Waals surface area contributed by atoms with Gasteiger partial charge in [-0.1, -0.05) is 13.3 Å². The van der Waals surface area contributed by atoms with Crippen molar-refractivity contribution in [2.24, 2.45) is 0 Å². The van der Waals surface area contributed by atoms with Crippen molar-refractivity contribution in [1.82, 2.24) is 0 Å². The third kappa shape index (κ3) is 2.50. The third-order valence-corrected chi connectivity index (χ3v) is 3.10. The lowest BCUT2D eigenvalue weighted by Gasteiger charge is -2.13. The highest BCUT2D eigenvalue weighted by Gasteiger charge is 2.21. The van der Waals surface area contributed by atoms with Crippen LogP contribution in [0, 0.1) is 0 Å². The van der Waals surface area contributed by atoms with E-state index in [0.29, 0.717) is 0 Å². The predicted octanol–water partition coefficient (Wildman–Crippen LogP) is 2.62. The smallest absolute Gasteiger partial charge is 0.191 e. The molecule has 0 bridgehead atoms. The Morgan fingerprint density at radius 1 is 1.53 bits per heavy atom. The Morgan fingerprint density at radius 3 is 3.06 bits per heavy atom. The van der Waals surface area contributed by atoms with E-state index in [9.17, 15) is 4.79 Å². The van der Waals surface area contributed by atoms with Gasteiger partial charge < -0.3 is 9.47 Å². The van der Waals surface area contributed by atoms with E-state index < -0.39 is 0 Å². The lowest BCUT2D eigenvalue weighted by atomic mass is 10.00. The van der Waals surface area contributed by atoms with Gasteiger partial charge in [-0.3, -0.25) is 4.79 Å². The zero-order valence-corrected chi connectivity index (χ0v) is 10.4. The van der Waals surface area contributed by atoms with Gasteiger partial charge in [-0.2, -0.15) is 0 Å². The van der Waals surface area contributed by atoms with E-state index in [1.807, 2.05) is 18.2 Å². The lowest BCUT2D eigenvalue weighted by Crippen LogP contribution is -2.22. The Kier molecular flexibility index (Phi) is 3.79. The molecular weight excluding hydrogens is 216 g/mol. The largest absolute Gasteiger partial charge is 0.493 e. The highest BCUT2D eigenvalue weighted by atomic mass is 16.5. The molecule has 0 saturated heterocycles. The summed E-state index contributed by atoms with van der Waals surface area (Å²) in [5.74, 6) is 0.982. The minimum absolute atomic E-state index is 0.0732. The highest BCUT2D eigenvalue weighted by Crippen LogP contribution is 2.26. The van der Waals surface area contributed by atoms with Crippen molar-refractivity contribution in [3.63, 3.8) is 0 Å². The molecule has 17 heavy (non-hydrogen) atoms. The molecule has 0 N–H and O–H groups in total. The van der Waals surface area contributed by atoms with Crippen molar-refractivity contribution in [3.8, 4) is 5.75 Å². The van der Waals surface area contributed by atoms with Crippen molar-refractivity contribution in [2.45, 2.75) is 32.3 Å². The Bertz CT molecular complexity index is 412. The van der Waals surface area contributed by atoms with Crippen LogP contribution in [0.4, 0.5) is 0 Å². The second-order valence-corrected chi connectivity index (χ2v) is 4.30. The maximum Gasteiger partial charge on any atom is 0.191 e. The summed E-state index contributed by atoms with van der Waals surface area (Å²) in [5, 5.41) is 0.